The van der Waals surface area contributed by atoms with Crippen LogP contribution in [0.5, 0.6) is 23.0 Å². The third-order valence-electron chi connectivity index (χ3n) is 7.71. The van der Waals surface area contributed by atoms with Crippen molar-refractivity contribution in [2.75, 3.05) is 31.0 Å². The lowest BCUT2D eigenvalue weighted by atomic mass is 9.99. The molecule has 1 fully saturated rings. The van der Waals surface area contributed by atoms with Gasteiger partial charge in [0.1, 0.15) is 29.0 Å². The Hall–Kier alpha value is -4.32. The first-order valence-electron chi connectivity index (χ1n) is 13.6. The summed E-state index contributed by atoms with van der Waals surface area (Å²) in [4.78, 5) is 27.7. The van der Waals surface area contributed by atoms with E-state index >= 15 is 0 Å². The molecule has 0 bridgehead atoms. The van der Waals surface area contributed by atoms with E-state index in [0.29, 0.717) is 33.5 Å². The molecule has 13 heteroatoms. The number of carbonyl (C=O) groups is 2. The number of nitrogens with one attached hydrogen (secondary N) is 1. The molecule has 1 unspecified atom stereocenters. The molecule has 1 amide bonds. The van der Waals surface area contributed by atoms with Crippen LogP contribution in [0.2, 0.25) is 5.02 Å². The number of ether oxygens (including phenoxy) is 4. The highest BCUT2D eigenvalue weighted by Gasteiger charge is 2.54. The molecule has 1 aliphatic carbocycles. The van der Waals surface area contributed by atoms with E-state index in [-0.39, 0.29) is 17.7 Å². The molecule has 44 heavy (non-hydrogen) atoms. The maximum absolute atomic E-state index is 14.5. The molecule has 0 radical (unpaired) electrons. The standard InChI is InChI=1S/C31H30ClF3N2O7/c1-29(2,28(39)40)43-21-13-18(12-20(14-21)41-3)36-26(22-7-5-17(32)11-25(22)42-4)27(38)37-16-30(9-10-30)23-8-6-19(15-24(23)37)44-31(33,34)35/h5-8,11-15,26,36H,9-10,16H2,1-4H3,(H,39,40). The summed E-state index contributed by atoms with van der Waals surface area (Å²) in [7, 11) is 2.85. The maximum Gasteiger partial charge on any atom is 0.573 e. The molecular weight excluding hydrogens is 605 g/mol. The minimum atomic E-state index is -4.90. The fraction of sp³-hybridized carbons (Fsp3) is 0.355. The van der Waals surface area contributed by atoms with Crippen molar-refractivity contribution < 1.29 is 46.8 Å². The summed E-state index contributed by atoms with van der Waals surface area (Å²) < 4.78 is 60.1. The van der Waals surface area contributed by atoms with E-state index in [2.05, 4.69) is 10.1 Å². The molecule has 1 atom stereocenters. The summed E-state index contributed by atoms with van der Waals surface area (Å²) in [5, 5.41) is 13.1. The molecule has 9 nitrogen and oxygen atoms in total. The number of hydrogen-bond donors (Lipinski definition) is 2. The van der Waals surface area contributed by atoms with Crippen molar-refractivity contribution in [2.45, 2.75) is 50.1 Å². The lowest BCUT2D eigenvalue weighted by Gasteiger charge is -2.28. The molecule has 3 aromatic carbocycles. The zero-order valence-electron chi connectivity index (χ0n) is 24.3. The van der Waals surface area contributed by atoms with Crippen LogP contribution >= 0.6 is 11.6 Å². The van der Waals surface area contributed by atoms with Gasteiger partial charge in [-0.15, -0.1) is 13.2 Å². The SMILES string of the molecule is COc1cc(NC(C(=O)N2CC3(CC3)c3ccc(OC(F)(F)F)cc32)c2ccc(Cl)cc2OC)cc(OC(C)(C)C(=O)O)c1. The summed E-state index contributed by atoms with van der Waals surface area (Å²) in [6, 6.07) is 12.3. The second-order valence-electron chi connectivity index (χ2n) is 11.2. The number of carbonyl (C=O) groups excluding carboxylic acids is 1. The lowest BCUT2D eigenvalue weighted by Crippen LogP contribution is -2.39. The number of anilines is 2. The predicted octanol–water partition coefficient (Wildman–Crippen LogP) is 6.73. The third-order valence-corrected chi connectivity index (χ3v) is 7.95. The van der Waals surface area contributed by atoms with Crippen LogP contribution in [0.3, 0.4) is 0 Å². The molecule has 2 aliphatic rings. The molecule has 1 aliphatic heterocycles. The quantitative estimate of drug-likeness (QED) is 0.253. The van der Waals surface area contributed by atoms with Gasteiger partial charge >= 0.3 is 12.3 Å². The molecule has 5 rings (SSSR count). The Kier molecular flexibility index (Phi) is 8.00. The molecule has 1 spiro atoms. The van der Waals surface area contributed by atoms with Crippen LogP contribution < -0.4 is 29.2 Å². The monoisotopic (exact) mass is 634 g/mol. The molecule has 234 valence electrons. The number of nitrogens with zero attached hydrogens (tertiary/aromatic N) is 1. The average molecular weight is 635 g/mol. The van der Waals surface area contributed by atoms with Gasteiger partial charge in [-0.25, -0.2) is 4.79 Å². The normalized spacial score (nSPS) is 15.8. The van der Waals surface area contributed by atoms with Gasteiger partial charge in [-0.3, -0.25) is 4.79 Å². The van der Waals surface area contributed by atoms with Gasteiger partial charge in [0.05, 0.1) is 19.9 Å². The lowest BCUT2D eigenvalue weighted by molar-refractivity contribution is -0.274. The van der Waals surface area contributed by atoms with Crippen molar-refractivity contribution in [1.82, 2.24) is 0 Å². The minimum absolute atomic E-state index is 0.158. The Morgan fingerprint density at radius 3 is 2.27 bits per heavy atom. The van der Waals surface area contributed by atoms with Crippen LogP contribution in [0.1, 0.15) is 43.9 Å². The van der Waals surface area contributed by atoms with Gasteiger partial charge < -0.3 is 34.3 Å². The zero-order chi connectivity index (χ0) is 32.0. The number of carboxylic acids is 1. The minimum Gasteiger partial charge on any atom is -0.497 e. The van der Waals surface area contributed by atoms with Gasteiger partial charge in [-0.1, -0.05) is 23.7 Å². The first kappa shape index (κ1) is 31.1. The van der Waals surface area contributed by atoms with Crippen molar-refractivity contribution >= 4 is 34.9 Å². The highest BCUT2D eigenvalue weighted by Crippen LogP contribution is 2.57. The van der Waals surface area contributed by atoms with Gasteiger partial charge in [0.25, 0.3) is 5.91 Å². The second-order valence-corrected chi connectivity index (χ2v) is 11.6. The Bertz CT molecular complexity index is 1610. The summed E-state index contributed by atoms with van der Waals surface area (Å²) in [6.07, 6.45) is -3.34. The first-order chi connectivity index (χ1) is 20.6. The smallest absolute Gasteiger partial charge is 0.497 e. The van der Waals surface area contributed by atoms with E-state index in [9.17, 15) is 27.9 Å². The van der Waals surface area contributed by atoms with E-state index < -0.39 is 35.6 Å². The molecule has 2 N–H and O–H groups in total. The highest BCUT2D eigenvalue weighted by atomic mass is 35.5. The Balaban J connectivity index is 1.58. The van der Waals surface area contributed by atoms with Gasteiger partial charge in [-0.05, 0) is 50.5 Å². The fourth-order valence-corrected chi connectivity index (χ4v) is 5.48. The molecule has 0 saturated heterocycles. The van der Waals surface area contributed by atoms with Crippen LogP contribution in [0.25, 0.3) is 0 Å². The van der Waals surface area contributed by atoms with Gasteiger partial charge in [-0.2, -0.15) is 0 Å². The molecule has 0 aromatic heterocycles. The van der Waals surface area contributed by atoms with Crippen LogP contribution in [0, 0.1) is 0 Å². The van der Waals surface area contributed by atoms with Crippen LogP contribution in [0.15, 0.2) is 54.6 Å². The van der Waals surface area contributed by atoms with Crippen LogP contribution in [0.4, 0.5) is 24.5 Å². The number of benzene rings is 3. The van der Waals surface area contributed by atoms with Crippen molar-refractivity contribution in [3.05, 3.63) is 70.7 Å². The number of aliphatic carboxylic acids is 1. The average Bonchev–Trinajstić information content (AvgIpc) is 3.66. The number of carboxylic acid groups (broad SMARTS) is 1. The van der Waals surface area contributed by atoms with Crippen LogP contribution in [-0.2, 0) is 15.0 Å². The van der Waals surface area contributed by atoms with Crippen molar-refractivity contribution in [3.63, 3.8) is 0 Å². The molecule has 1 heterocycles. The van der Waals surface area contributed by atoms with Crippen molar-refractivity contribution in [3.8, 4) is 23.0 Å². The summed E-state index contributed by atoms with van der Waals surface area (Å²) >= 11 is 6.21. The number of halogens is 4. The van der Waals surface area contributed by atoms with E-state index in [1.165, 1.54) is 57.2 Å². The third kappa shape index (κ3) is 6.30. The Labute approximate surface area is 256 Å². The second kappa shape index (κ2) is 11.3. The molecular formula is C31H30ClF3N2O7. The number of fused-ring (bicyclic) bond motifs is 2. The summed E-state index contributed by atoms with van der Waals surface area (Å²) in [6.45, 7) is 3.05. The predicted molar refractivity (Wildman–Crippen MR) is 156 cm³/mol. The van der Waals surface area contributed by atoms with Gasteiger partial charge in [0.15, 0.2) is 5.60 Å². The Morgan fingerprint density at radius 2 is 1.66 bits per heavy atom. The van der Waals surface area contributed by atoms with Crippen molar-refractivity contribution in [1.29, 1.82) is 0 Å². The molecule has 3 aromatic rings. The molecule has 1 saturated carbocycles. The van der Waals surface area contributed by atoms with E-state index in [1.54, 1.807) is 30.3 Å². The topological polar surface area (TPSA) is 107 Å². The van der Waals surface area contributed by atoms with Gasteiger partial charge in [0, 0.05) is 52.5 Å². The largest absolute Gasteiger partial charge is 0.573 e. The van der Waals surface area contributed by atoms with Gasteiger partial charge in [0.2, 0.25) is 0 Å². The number of amides is 1. The Morgan fingerprint density at radius 1 is 0.955 bits per heavy atom. The van der Waals surface area contributed by atoms with Crippen molar-refractivity contribution in [2.24, 2.45) is 0 Å². The summed E-state index contributed by atoms with van der Waals surface area (Å²) in [5.41, 5.74) is -0.0890. The number of methoxy groups -OCH3 is 2. The van der Waals surface area contributed by atoms with Crippen LogP contribution in [-0.4, -0.2) is 49.7 Å². The highest BCUT2D eigenvalue weighted by molar-refractivity contribution is 6.30. The maximum atomic E-state index is 14.5. The first-order valence-corrected chi connectivity index (χ1v) is 14.0. The number of hydrogen-bond acceptors (Lipinski definition) is 7. The zero-order valence-corrected chi connectivity index (χ0v) is 25.0. The fourth-order valence-electron chi connectivity index (χ4n) is 5.32. The van der Waals surface area contributed by atoms with E-state index in [1.807, 2.05) is 0 Å². The van der Waals surface area contributed by atoms with E-state index in [4.69, 9.17) is 25.8 Å². The summed E-state index contributed by atoms with van der Waals surface area (Å²) in [5.74, 6) is -1.33. The number of alkyl halides is 3. The number of rotatable bonds is 10. The van der Waals surface area contributed by atoms with E-state index in [0.717, 1.165) is 18.4 Å².